The van der Waals surface area contributed by atoms with Gasteiger partial charge in [0.15, 0.2) is 0 Å². The fourth-order valence-electron chi connectivity index (χ4n) is 1.81. The van der Waals surface area contributed by atoms with Crippen LogP contribution >= 0.6 is 15.9 Å². The summed E-state index contributed by atoms with van der Waals surface area (Å²) in [5, 5.41) is 13.0. The van der Waals surface area contributed by atoms with Crippen molar-refractivity contribution in [2.75, 3.05) is 19.7 Å². The van der Waals surface area contributed by atoms with Gasteiger partial charge in [0.1, 0.15) is 0 Å². The summed E-state index contributed by atoms with van der Waals surface area (Å²) in [5.74, 6) is 1.08. The minimum absolute atomic E-state index is 0.0838. The summed E-state index contributed by atoms with van der Waals surface area (Å²) in [6.45, 7) is 5.47. The fourth-order valence-corrected chi connectivity index (χ4v) is 2.21. The van der Waals surface area contributed by atoms with E-state index in [1.807, 2.05) is 29.2 Å². The minimum atomic E-state index is 0.0838. The summed E-state index contributed by atoms with van der Waals surface area (Å²) in [5.41, 5.74) is 0.895. The molecule has 6 heteroatoms. The average Bonchev–Trinajstić information content (AvgIpc) is 2.88. The van der Waals surface area contributed by atoms with Crippen molar-refractivity contribution in [3.63, 3.8) is 0 Å². The summed E-state index contributed by atoms with van der Waals surface area (Å²) in [7, 11) is 0. The Bertz CT molecular complexity index is 571. The Balaban J connectivity index is 2.10. The summed E-state index contributed by atoms with van der Waals surface area (Å²) < 4.78 is 6.22. The van der Waals surface area contributed by atoms with E-state index in [1.54, 1.807) is 6.08 Å². The quantitative estimate of drug-likeness (QED) is 0.786. The zero-order chi connectivity index (χ0) is 14.4. The van der Waals surface area contributed by atoms with E-state index in [0.717, 1.165) is 10.0 Å². The number of hydrogen-bond donors (Lipinski definition) is 1. The predicted octanol–water partition coefficient (Wildman–Crippen LogP) is 2.48. The van der Waals surface area contributed by atoms with Gasteiger partial charge in [0.2, 0.25) is 11.7 Å². The van der Waals surface area contributed by atoms with E-state index in [1.165, 1.54) is 0 Å². The first-order valence-corrected chi connectivity index (χ1v) is 7.05. The summed E-state index contributed by atoms with van der Waals surface area (Å²) >= 11 is 3.41. The SMILES string of the molecule is C=CCN(CCO)Cc1nc(-c2cccc(Br)c2)no1. The fraction of sp³-hybridized carbons (Fsp3) is 0.286. The van der Waals surface area contributed by atoms with Crippen molar-refractivity contribution in [2.24, 2.45) is 0 Å². The topological polar surface area (TPSA) is 62.4 Å². The van der Waals surface area contributed by atoms with Crippen molar-refractivity contribution < 1.29 is 9.63 Å². The third kappa shape index (κ3) is 4.00. The lowest BCUT2D eigenvalue weighted by atomic mass is 10.2. The number of nitrogens with zero attached hydrogens (tertiary/aromatic N) is 3. The largest absolute Gasteiger partial charge is 0.395 e. The zero-order valence-electron chi connectivity index (χ0n) is 11.0. The molecule has 0 radical (unpaired) electrons. The second-order valence-electron chi connectivity index (χ2n) is 4.27. The molecule has 2 aromatic rings. The molecule has 0 bridgehead atoms. The average molecular weight is 338 g/mol. The lowest BCUT2D eigenvalue weighted by Gasteiger charge is -2.16. The number of aromatic nitrogens is 2. The maximum Gasteiger partial charge on any atom is 0.241 e. The van der Waals surface area contributed by atoms with Gasteiger partial charge in [-0.2, -0.15) is 4.98 Å². The number of hydrogen-bond acceptors (Lipinski definition) is 5. The Hall–Kier alpha value is -1.50. The highest BCUT2D eigenvalue weighted by molar-refractivity contribution is 9.10. The minimum Gasteiger partial charge on any atom is -0.395 e. The van der Waals surface area contributed by atoms with Crippen LogP contribution in [0.4, 0.5) is 0 Å². The summed E-state index contributed by atoms with van der Waals surface area (Å²) in [6.07, 6.45) is 1.78. The van der Waals surface area contributed by atoms with Crippen LogP contribution in [0, 0.1) is 0 Å². The molecule has 0 fully saturated rings. The molecule has 5 nitrogen and oxygen atoms in total. The molecule has 20 heavy (non-hydrogen) atoms. The van der Waals surface area contributed by atoms with Gasteiger partial charge in [-0.05, 0) is 12.1 Å². The lowest BCUT2D eigenvalue weighted by Crippen LogP contribution is -2.26. The lowest BCUT2D eigenvalue weighted by molar-refractivity contribution is 0.186. The smallest absolute Gasteiger partial charge is 0.241 e. The Morgan fingerprint density at radius 3 is 3.00 bits per heavy atom. The van der Waals surface area contributed by atoms with E-state index >= 15 is 0 Å². The molecule has 1 N–H and O–H groups in total. The van der Waals surface area contributed by atoms with E-state index < -0.39 is 0 Å². The summed E-state index contributed by atoms with van der Waals surface area (Å²) in [4.78, 5) is 6.35. The van der Waals surface area contributed by atoms with Gasteiger partial charge in [-0.3, -0.25) is 4.90 Å². The van der Waals surface area contributed by atoms with E-state index in [0.29, 0.717) is 31.3 Å². The number of aliphatic hydroxyl groups is 1. The van der Waals surface area contributed by atoms with E-state index in [9.17, 15) is 0 Å². The number of benzene rings is 1. The van der Waals surface area contributed by atoms with Crippen molar-refractivity contribution in [3.05, 3.63) is 47.3 Å². The molecule has 0 saturated carbocycles. The number of rotatable bonds is 7. The Kier molecular flexibility index (Phi) is 5.46. The molecular weight excluding hydrogens is 322 g/mol. The number of aliphatic hydroxyl groups excluding tert-OH is 1. The van der Waals surface area contributed by atoms with Crippen LogP contribution < -0.4 is 0 Å². The van der Waals surface area contributed by atoms with Crippen molar-refractivity contribution >= 4 is 15.9 Å². The second-order valence-corrected chi connectivity index (χ2v) is 5.19. The van der Waals surface area contributed by atoms with Crippen molar-refractivity contribution in [1.29, 1.82) is 0 Å². The third-order valence-electron chi connectivity index (χ3n) is 2.71. The van der Waals surface area contributed by atoms with Crippen LogP contribution in [-0.2, 0) is 6.54 Å². The summed E-state index contributed by atoms with van der Waals surface area (Å²) in [6, 6.07) is 7.72. The van der Waals surface area contributed by atoms with Crippen molar-refractivity contribution in [2.45, 2.75) is 6.54 Å². The molecule has 2 rings (SSSR count). The van der Waals surface area contributed by atoms with Gasteiger partial charge in [0.05, 0.1) is 13.2 Å². The molecule has 0 amide bonds. The maximum absolute atomic E-state index is 9.01. The van der Waals surface area contributed by atoms with Gasteiger partial charge >= 0.3 is 0 Å². The van der Waals surface area contributed by atoms with Gasteiger partial charge in [-0.25, -0.2) is 0 Å². The van der Waals surface area contributed by atoms with Crippen LogP contribution in [0.25, 0.3) is 11.4 Å². The molecule has 0 spiro atoms. The molecule has 0 saturated heterocycles. The Morgan fingerprint density at radius 2 is 2.30 bits per heavy atom. The predicted molar refractivity (Wildman–Crippen MR) is 80.0 cm³/mol. The molecule has 0 aliphatic heterocycles. The molecule has 106 valence electrons. The molecule has 0 unspecified atom stereocenters. The first-order chi connectivity index (χ1) is 9.72. The van der Waals surface area contributed by atoms with Gasteiger partial charge in [0.25, 0.3) is 0 Å². The highest BCUT2D eigenvalue weighted by Gasteiger charge is 2.12. The third-order valence-corrected chi connectivity index (χ3v) is 3.21. The molecule has 0 aliphatic rings. The van der Waals surface area contributed by atoms with Gasteiger partial charge < -0.3 is 9.63 Å². The van der Waals surface area contributed by atoms with Crippen LogP contribution in [0.15, 0.2) is 45.9 Å². The van der Waals surface area contributed by atoms with Crippen molar-refractivity contribution in [3.8, 4) is 11.4 Å². The van der Waals surface area contributed by atoms with Gasteiger partial charge in [-0.15, -0.1) is 6.58 Å². The normalized spacial score (nSPS) is 10.9. The van der Waals surface area contributed by atoms with Crippen LogP contribution in [0.5, 0.6) is 0 Å². The van der Waals surface area contributed by atoms with Gasteiger partial charge in [-0.1, -0.05) is 39.3 Å². The van der Waals surface area contributed by atoms with E-state index in [4.69, 9.17) is 9.63 Å². The Labute approximate surface area is 126 Å². The van der Waals surface area contributed by atoms with Crippen LogP contribution in [0.1, 0.15) is 5.89 Å². The second kappa shape index (κ2) is 7.33. The van der Waals surface area contributed by atoms with E-state index in [-0.39, 0.29) is 6.61 Å². The van der Waals surface area contributed by atoms with Crippen LogP contribution in [0.2, 0.25) is 0 Å². The maximum atomic E-state index is 9.01. The zero-order valence-corrected chi connectivity index (χ0v) is 12.6. The Morgan fingerprint density at radius 1 is 1.45 bits per heavy atom. The monoisotopic (exact) mass is 337 g/mol. The molecule has 1 aromatic carbocycles. The van der Waals surface area contributed by atoms with Crippen LogP contribution in [0.3, 0.4) is 0 Å². The molecule has 0 aliphatic carbocycles. The first-order valence-electron chi connectivity index (χ1n) is 6.25. The molecular formula is C14H16BrN3O2. The van der Waals surface area contributed by atoms with Crippen molar-refractivity contribution in [1.82, 2.24) is 15.0 Å². The highest BCUT2D eigenvalue weighted by Crippen LogP contribution is 2.20. The standard InChI is InChI=1S/C14H16BrN3O2/c1-2-6-18(7-8-19)10-13-16-14(17-20-13)11-4-3-5-12(15)9-11/h2-5,9,19H,1,6-8,10H2. The molecule has 0 atom stereocenters. The first kappa shape index (κ1) is 14.9. The highest BCUT2D eigenvalue weighted by atomic mass is 79.9. The van der Waals surface area contributed by atoms with E-state index in [2.05, 4.69) is 32.6 Å². The molecule has 1 aromatic heterocycles. The number of halogens is 1. The molecule has 1 heterocycles. The van der Waals surface area contributed by atoms with Gasteiger partial charge in [0, 0.05) is 23.1 Å². The van der Waals surface area contributed by atoms with Crippen LogP contribution in [-0.4, -0.2) is 39.8 Å².